The first-order chi connectivity index (χ1) is 5.35. The summed E-state index contributed by atoms with van der Waals surface area (Å²) in [7, 11) is 0. The minimum atomic E-state index is 0.375. The quantitative estimate of drug-likeness (QED) is 0.344. The monoisotopic (exact) mass is 150 g/mol. The zero-order chi connectivity index (χ0) is 8.53. The molecule has 0 aliphatic heterocycles. The van der Waals surface area contributed by atoms with Gasteiger partial charge in [0.15, 0.2) is 18.0 Å². The van der Waals surface area contributed by atoms with E-state index in [1.165, 1.54) is 12.2 Å². The molecule has 3 heteroatoms. The zero-order valence-electron chi connectivity index (χ0n) is 5.74. The van der Waals surface area contributed by atoms with Crippen LogP contribution in [0.4, 0.5) is 0 Å². The van der Waals surface area contributed by atoms with Gasteiger partial charge < -0.3 is 4.42 Å². The number of rotatable bonds is 1. The third-order valence-corrected chi connectivity index (χ3v) is 0.732. The molecule has 0 spiro atoms. The molecule has 0 bridgehead atoms. The lowest BCUT2D eigenvalue weighted by Crippen LogP contribution is -1.65. The molecule has 1 aromatic rings. The van der Waals surface area contributed by atoms with Crippen LogP contribution in [0, 0.1) is 0 Å². The van der Waals surface area contributed by atoms with Crippen molar-refractivity contribution in [3.63, 3.8) is 0 Å². The molecular weight excluding hydrogens is 144 g/mol. The minimum Gasteiger partial charge on any atom is -0.462 e. The van der Waals surface area contributed by atoms with Crippen LogP contribution in [-0.2, 0) is 4.79 Å². The minimum absolute atomic E-state index is 0.375. The fraction of sp³-hybridized carbons (Fsp3) is 0. The number of aldehydes is 1. The van der Waals surface area contributed by atoms with Gasteiger partial charge in [0.1, 0.15) is 0 Å². The summed E-state index contributed by atoms with van der Waals surface area (Å²) in [5.41, 5.74) is 1.88. The molecule has 0 amide bonds. The molecule has 1 heterocycles. The lowest BCUT2D eigenvalue weighted by atomic mass is 10.5. The Labute approximate surface area is 63.6 Å². The highest BCUT2D eigenvalue weighted by Gasteiger charge is 1.84. The Hall–Kier alpha value is -1.82. The molecule has 0 saturated heterocycles. The van der Waals surface area contributed by atoms with E-state index in [0.717, 1.165) is 0 Å². The van der Waals surface area contributed by atoms with Gasteiger partial charge in [0.05, 0.1) is 6.26 Å². The molecule has 0 N–H and O–H groups in total. The maximum atomic E-state index is 9.77. The van der Waals surface area contributed by atoms with Crippen LogP contribution in [0.25, 0.3) is 0 Å². The molecule has 3 nitrogen and oxygen atoms in total. The second kappa shape index (κ2) is 6.30. The molecule has 0 aliphatic carbocycles. The Balaban J connectivity index is 0.000000218. The lowest BCUT2D eigenvalue weighted by molar-refractivity contribution is 0.110. The topological polar surface area (TPSA) is 47.3 Å². The summed E-state index contributed by atoms with van der Waals surface area (Å²) in [6.45, 7) is 2.93. The first-order valence-electron chi connectivity index (χ1n) is 2.73. The van der Waals surface area contributed by atoms with Crippen molar-refractivity contribution in [1.82, 2.24) is 0 Å². The Kier molecular flexibility index (Phi) is 5.26. The van der Waals surface area contributed by atoms with Crippen molar-refractivity contribution in [3.8, 4) is 0 Å². The number of carbonyl (C=O) groups excluding carboxylic acids is 2. The molecule has 11 heavy (non-hydrogen) atoms. The smallest absolute Gasteiger partial charge is 0.185 e. The predicted octanol–water partition coefficient (Wildman–Crippen LogP) is 1.25. The molecule has 0 fully saturated rings. The first-order valence-corrected chi connectivity index (χ1v) is 2.73. The van der Waals surface area contributed by atoms with Crippen LogP contribution in [0.2, 0.25) is 0 Å². The van der Waals surface area contributed by atoms with Gasteiger partial charge in [-0.2, -0.15) is 0 Å². The van der Waals surface area contributed by atoms with Crippen molar-refractivity contribution in [3.05, 3.63) is 36.5 Å². The Bertz CT molecular complexity index is 252. The van der Waals surface area contributed by atoms with Gasteiger partial charge in [-0.1, -0.05) is 0 Å². The molecule has 0 aliphatic rings. The largest absolute Gasteiger partial charge is 0.462 e. The Morgan fingerprint density at radius 1 is 1.64 bits per heavy atom. The van der Waals surface area contributed by atoms with Crippen molar-refractivity contribution in [2.45, 2.75) is 0 Å². The summed E-state index contributed by atoms with van der Waals surface area (Å²) in [5.74, 6) is 1.69. The van der Waals surface area contributed by atoms with E-state index in [0.29, 0.717) is 12.0 Å². The maximum Gasteiger partial charge on any atom is 0.185 e. The normalized spacial score (nSPS) is 6.55. The van der Waals surface area contributed by atoms with Gasteiger partial charge in [-0.15, -0.1) is 0 Å². The predicted molar refractivity (Wildman–Crippen MR) is 38.9 cm³/mol. The van der Waals surface area contributed by atoms with Crippen LogP contribution < -0.4 is 0 Å². The standard InChI is InChI=1S/C5H4O2.C3H2O/c6-4-5-2-1-3-7-5;1-2-3-4/h1-4H;1H2. The van der Waals surface area contributed by atoms with E-state index >= 15 is 0 Å². The second-order valence-electron chi connectivity index (χ2n) is 1.41. The van der Waals surface area contributed by atoms with Crippen LogP contribution in [0.15, 0.2) is 35.1 Å². The Morgan fingerprint density at radius 3 is 2.45 bits per heavy atom. The van der Waals surface area contributed by atoms with Crippen LogP contribution in [0.1, 0.15) is 10.6 Å². The maximum absolute atomic E-state index is 9.77. The van der Waals surface area contributed by atoms with E-state index in [1.54, 1.807) is 12.1 Å². The third-order valence-electron chi connectivity index (χ3n) is 0.732. The average molecular weight is 150 g/mol. The van der Waals surface area contributed by atoms with Crippen LogP contribution in [-0.4, -0.2) is 12.2 Å². The van der Waals surface area contributed by atoms with Gasteiger partial charge in [0, 0.05) is 0 Å². The fourth-order valence-electron chi connectivity index (χ4n) is 0.358. The van der Waals surface area contributed by atoms with Gasteiger partial charge in [0.2, 0.25) is 0 Å². The van der Waals surface area contributed by atoms with Gasteiger partial charge in [-0.05, 0) is 24.4 Å². The first kappa shape index (κ1) is 9.18. The van der Waals surface area contributed by atoms with Gasteiger partial charge >= 0.3 is 0 Å². The Morgan fingerprint density at radius 2 is 2.27 bits per heavy atom. The SMILES string of the molecule is C=C=C=O.O=Cc1ccco1. The van der Waals surface area contributed by atoms with Crippen molar-refractivity contribution in [1.29, 1.82) is 0 Å². The fourth-order valence-corrected chi connectivity index (χ4v) is 0.358. The molecule has 1 rings (SSSR count). The number of hydrogen-bond donors (Lipinski definition) is 0. The summed E-state index contributed by atoms with van der Waals surface area (Å²) in [5, 5.41) is 0. The van der Waals surface area contributed by atoms with Gasteiger partial charge in [-0.25, -0.2) is 4.79 Å². The summed E-state index contributed by atoms with van der Waals surface area (Å²) in [6.07, 6.45) is 2.13. The van der Waals surface area contributed by atoms with Gasteiger partial charge in [0.25, 0.3) is 0 Å². The molecule has 0 unspecified atom stereocenters. The molecular formula is C8H6O3. The van der Waals surface area contributed by atoms with E-state index < -0.39 is 0 Å². The van der Waals surface area contributed by atoms with E-state index in [2.05, 4.69) is 11.0 Å². The van der Waals surface area contributed by atoms with Crippen molar-refractivity contribution < 1.29 is 14.0 Å². The highest BCUT2D eigenvalue weighted by molar-refractivity contribution is 5.69. The highest BCUT2D eigenvalue weighted by Crippen LogP contribution is 1.92. The highest BCUT2D eigenvalue weighted by atomic mass is 16.3. The number of hydrogen-bond acceptors (Lipinski definition) is 3. The average Bonchev–Trinajstić information content (AvgIpc) is 2.56. The second-order valence-corrected chi connectivity index (χ2v) is 1.41. The molecule has 0 atom stereocenters. The van der Waals surface area contributed by atoms with Crippen molar-refractivity contribution in [2.24, 2.45) is 0 Å². The zero-order valence-corrected chi connectivity index (χ0v) is 5.74. The molecule has 0 saturated carbocycles. The summed E-state index contributed by atoms with van der Waals surface area (Å²) in [6, 6.07) is 3.27. The van der Waals surface area contributed by atoms with Crippen LogP contribution >= 0.6 is 0 Å². The van der Waals surface area contributed by atoms with Gasteiger partial charge in [-0.3, -0.25) is 4.79 Å². The molecule has 56 valence electrons. The summed E-state index contributed by atoms with van der Waals surface area (Å²) >= 11 is 0. The number of carbonyl (C=O) groups is 1. The van der Waals surface area contributed by atoms with E-state index in [9.17, 15) is 4.79 Å². The number of furan rings is 1. The van der Waals surface area contributed by atoms with Crippen LogP contribution in [0.5, 0.6) is 0 Å². The van der Waals surface area contributed by atoms with Crippen molar-refractivity contribution in [2.75, 3.05) is 0 Å². The third kappa shape index (κ3) is 4.67. The van der Waals surface area contributed by atoms with Crippen molar-refractivity contribution >= 4 is 12.2 Å². The summed E-state index contributed by atoms with van der Waals surface area (Å²) < 4.78 is 4.61. The van der Waals surface area contributed by atoms with E-state index in [1.807, 2.05) is 5.73 Å². The molecule has 1 aromatic heterocycles. The molecule has 0 radical (unpaired) electrons. The molecule has 0 aromatic carbocycles. The van der Waals surface area contributed by atoms with Crippen LogP contribution in [0.3, 0.4) is 0 Å². The lowest BCUT2D eigenvalue weighted by Gasteiger charge is -1.68. The van der Waals surface area contributed by atoms with E-state index in [-0.39, 0.29) is 0 Å². The summed E-state index contributed by atoms with van der Waals surface area (Å²) in [4.78, 5) is 18.6. The van der Waals surface area contributed by atoms with E-state index in [4.69, 9.17) is 4.79 Å².